The van der Waals surface area contributed by atoms with Crippen LogP contribution in [0.2, 0.25) is 5.02 Å². The highest BCUT2D eigenvalue weighted by Crippen LogP contribution is 2.37. The van der Waals surface area contributed by atoms with Crippen molar-refractivity contribution in [2.75, 3.05) is 12.5 Å². The Balaban J connectivity index is 3.34. The standard InChI is InChI=1S/C7H7ClF3N3O/c1-15-6-4(8)2-3(7(9,10)11)5(13-6)14-12/h2H,12H2,1H3,(H,13,14). The lowest BCUT2D eigenvalue weighted by atomic mass is 10.2. The van der Waals surface area contributed by atoms with Crippen LogP contribution in [0.3, 0.4) is 0 Å². The van der Waals surface area contributed by atoms with Gasteiger partial charge in [-0.1, -0.05) is 11.6 Å². The molecule has 0 aliphatic rings. The molecule has 0 bridgehead atoms. The summed E-state index contributed by atoms with van der Waals surface area (Å²) in [5, 5.41) is -0.233. The van der Waals surface area contributed by atoms with Gasteiger partial charge in [-0.3, -0.25) is 0 Å². The Morgan fingerprint density at radius 2 is 2.13 bits per heavy atom. The quantitative estimate of drug-likeness (QED) is 0.615. The number of hydrogen-bond donors (Lipinski definition) is 2. The van der Waals surface area contributed by atoms with Crippen molar-refractivity contribution in [3.63, 3.8) is 0 Å². The molecule has 0 saturated carbocycles. The Morgan fingerprint density at radius 1 is 1.53 bits per heavy atom. The maximum Gasteiger partial charge on any atom is 0.420 e. The zero-order valence-electron chi connectivity index (χ0n) is 7.52. The van der Waals surface area contributed by atoms with Gasteiger partial charge in [0, 0.05) is 0 Å². The number of hydrogen-bond acceptors (Lipinski definition) is 4. The van der Waals surface area contributed by atoms with Crippen LogP contribution in [0.1, 0.15) is 5.56 Å². The van der Waals surface area contributed by atoms with Crippen LogP contribution in [0.5, 0.6) is 5.88 Å². The van der Waals surface area contributed by atoms with E-state index in [4.69, 9.17) is 17.4 Å². The van der Waals surface area contributed by atoms with Crippen LogP contribution in [0, 0.1) is 0 Å². The van der Waals surface area contributed by atoms with E-state index in [1.807, 2.05) is 5.43 Å². The summed E-state index contributed by atoms with van der Waals surface area (Å²) in [5.74, 6) is 4.24. The van der Waals surface area contributed by atoms with Crippen molar-refractivity contribution < 1.29 is 17.9 Å². The van der Waals surface area contributed by atoms with Gasteiger partial charge in [-0.15, -0.1) is 0 Å². The molecular formula is C7H7ClF3N3O. The first-order valence-corrected chi connectivity index (χ1v) is 4.06. The molecule has 8 heteroatoms. The molecule has 15 heavy (non-hydrogen) atoms. The second kappa shape index (κ2) is 4.11. The summed E-state index contributed by atoms with van der Waals surface area (Å²) < 4.78 is 41.9. The maximum absolute atomic E-state index is 12.4. The fraction of sp³-hybridized carbons (Fsp3) is 0.286. The van der Waals surface area contributed by atoms with Crippen molar-refractivity contribution in [1.82, 2.24) is 4.98 Å². The molecule has 0 radical (unpaired) electrons. The number of hydrazine groups is 1. The Labute approximate surface area is 88.2 Å². The lowest BCUT2D eigenvalue weighted by Gasteiger charge is -2.13. The molecule has 1 rings (SSSR count). The molecule has 4 nitrogen and oxygen atoms in total. The van der Waals surface area contributed by atoms with Crippen molar-refractivity contribution in [2.24, 2.45) is 5.84 Å². The summed E-state index contributed by atoms with van der Waals surface area (Å²) in [7, 11) is 1.24. The number of nitrogens with one attached hydrogen (secondary N) is 1. The number of rotatable bonds is 2. The van der Waals surface area contributed by atoms with Crippen molar-refractivity contribution in [2.45, 2.75) is 6.18 Å². The number of methoxy groups -OCH3 is 1. The van der Waals surface area contributed by atoms with E-state index in [2.05, 4.69) is 9.72 Å². The van der Waals surface area contributed by atoms with Gasteiger partial charge in [0.1, 0.15) is 10.6 Å². The van der Waals surface area contributed by atoms with E-state index >= 15 is 0 Å². The predicted molar refractivity (Wildman–Crippen MR) is 48.6 cm³/mol. The van der Waals surface area contributed by atoms with Gasteiger partial charge in [-0.25, -0.2) is 5.84 Å². The summed E-state index contributed by atoms with van der Waals surface area (Å²) in [6.45, 7) is 0. The van der Waals surface area contributed by atoms with E-state index < -0.39 is 17.6 Å². The van der Waals surface area contributed by atoms with Gasteiger partial charge < -0.3 is 10.2 Å². The van der Waals surface area contributed by atoms with Gasteiger partial charge in [-0.2, -0.15) is 18.2 Å². The summed E-state index contributed by atoms with van der Waals surface area (Å²) in [4.78, 5) is 3.47. The van der Waals surface area contributed by atoms with Crippen LogP contribution < -0.4 is 16.0 Å². The van der Waals surface area contributed by atoms with Crippen LogP contribution in [-0.4, -0.2) is 12.1 Å². The van der Waals surface area contributed by atoms with Crippen molar-refractivity contribution >= 4 is 17.4 Å². The molecule has 0 unspecified atom stereocenters. The molecule has 0 fully saturated rings. The average molecular weight is 242 g/mol. The first-order valence-electron chi connectivity index (χ1n) is 3.68. The molecule has 1 aromatic heterocycles. The molecule has 1 aromatic rings. The first kappa shape index (κ1) is 11.9. The van der Waals surface area contributed by atoms with Gasteiger partial charge in [0.15, 0.2) is 5.82 Å². The molecule has 0 spiro atoms. The summed E-state index contributed by atoms with van der Waals surface area (Å²) in [6.07, 6.45) is -4.58. The monoisotopic (exact) mass is 241 g/mol. The smallest absolute Gasteiger partial charge is 0.420 e. The molecule has 84 valence electrons. The molecule has 3 N–H and O–H groups in total. The minimum absolute atomic E-state index is 0.127. The van der Waals surface area contributed by atoms with E-state index in [1.165, 1.54) is 7.11 Å². The van der Waals surface area contributed by atoms with Crippen LogP contribution >= 0.6 is 11.6 Å². The van der Waals surface area contributed by atoms with Gasteiger partial charge >= 0.3 is 6.18 Å². The van der Waals surface area contributed by atoms with Crippen LogP contribution in [0.15, 0.2) is 6.07 Å². The van der Waals surface area contributed by atoms with E-state index in [0.29, 0.717) is 6.07 Å². The highest BCUT2D eigenvalue weighted by Gasteiger charge is 2.35. The predicted octanol–water partition coefficient (Wildman–Crippen LogP) is 2.05. The maximum atomic E-state index is 12.4. The molecule has 1 heterocycles. The van der Waals surface area contributed by atoms with Gasteiger partial charge in [0.25, 0.3) is 0 Å². The van der Waals surface area contributed by atoms with Crippen molar-refractivity contribution in [1.29, 1.82) is 0 Å². The zero-order valence-corrected chi connectivity index (χ0v) is 8.28. The zero-order chi connectivity index (χ0) is 11.6. The van der Waals surface area contributed by atoms with E-state index in [1.54, 1.807) is 0 Å². The van der Waals surface area contributed by atoms with E-state index in [9.17, 15) is 13.2 Å². The number of nitrogen functional groups attached to an aromatic ring is 1. The summed E-state index contributed by atoms with van der Waals surface area (Å²) in [6, 6.07) is 0.697. The largest absolute Gasteiger partial charge is 0.480 e. The number of nitrogens with zero attached hydrogens (tertiary/aromatic N) is 1. The Hall–Kier alpha value is -1.21. The number of nitrogens with two attached hydrogens (primary N) is 1. The number of anilines is 1. The number of aromatic nitrogens is 1. The van der Waals surface area contributed by atoms with Gasteiger partial charge in [0.2, 0.25) is 5.88 Å². The second-order valence-corrected chi connectivity index (χ2v) is 2.92. The first-order chi connectivity index (χ1) is 6.90. The molecular weight excluding hydrogens is 235 g/mol. The van der Waals surface area contributed by atoms with Crippen molar-refractivity contribution in [3.8, 4) is 5.88 Å². The molecule has 0 saturated heterocycles. The van der Waals surface area contributed by atoms with Gasteiger partial charge in [-0.05, 0) is 6.07 Å². The SMILES string of the molecule is COc1nc(NN)c(C(F)(F)F)cc1Cl. The Morgan fingerprint density at radius 3 is 2.53 bits per heavy atom. The molecule has 0 aromatic carbocycles. The Bertz CT molecular complexity index is 369. The second-order valence-electron chi connectivity index (χ2n) is 2.52. The third kappa shape index (κ3) is 2.42. The summed E-state index contributed by atoms with van der Waals surface area (Å²) >= 11 is 5.51. The lowest BCUT2D eigenvalue weighted by Crippen LogP contribution is -2.16. The highest BCUT2D eigenvalue weighted by atomic mass is 35.5. The highest BCUT2D eigenvalue weighted by molar-refractivity contribution is 6.32. The fourth-order valence-electron chi connectivity index (χ4n) is 0.941. The fourth-order valence-corrected chi connectivity index (χ4v) is 1.17. The van der Waals surface area contributed by atoms with E-state index in [-0.39, 0.29) is 10.9 Å². The molecule has 0 atom stereocenters. The minimum Gasteiger partial charge on any atom is -0.480 e. The minimum atomic E-state index is -4.58. The third-order valence-electron chi connectivity index (χ3n) is 1.58. The van der Waals surface area contributed by atoms with E-state index in [0.717, 1.165) is 0 Å². The van der Waals surface area contributed by atoms with Gasteiger partial charge in [0.05, 0.1) is 7.11 Å². The number of ether oxygens (including phenoxy) is 1. The number of pyridine rings is 1. The molecule has 0 aliphatic carbocycles. The lowest BCUT2D eigenvalue weighted by molar-refractivity contribution is -0.137. The average Bonchev–Trinajstić information content (AvgIpc) is 2.16. The van der Waals surface area contributed by atoms with Crippen molar-refractivity contribution in [3.05, 3.63) is 16.7 Å². The van der Waals surface area contributed by atoms with Crippen LogP contribution in [-0.2, 0) is 6.18 Å². The number of alkyl halides is 3. The number of halogens is 4. The van der Waals surface area contributed by atoms with Crippen LogP contribution in [0.25, 0.3) is 0 Å². The third-order valence-corrected chi connectivity index (χ3v) is 1.85. The molecule has 0 aliphatic heterocycles. The van der Waals surface area contributed by atoms with Crippen LogP contribution in [0.4, 0.5) is 19.0 Å². The normalized spacial score (nSPS) is 11.3. The topological polar surface area (TPSA) is 60.2 Å². The molecule has 0 amide bonds. The Kier molecular flexibility index (Phi) is 3.25. The summed E-state index contributed by atoms with van der Waals surface area (Å²) in [5.41, 5.74) is 0.789.